The van der Waals surface area contributed by atoms with E-state index >= 15 is 0 Å². The Morgan fingerprint density at radius 3 is 1.64 bits per heavy atom. The van der Waals surface area contributed by atoms with Gasteiger partial charge in [-0.2, -0.15) is 0 Å². The van der Waals surface area contributed by atoms with Gasteiger partial charge in [0, 0.05) is 36.6 Å². The summed E-state index contributed by atoms with van der Waals surface area (Å²) >= 11 is 1.86. The maximum atomic E-state index is 2.44. The lowest BCUT2D eigenvalue weighted by Gasteiger charge is -2.29. The first-order valence-electron chi connectivity index (χ1n) is 19.8. The highest BCUT2D eigenvalue weighted by molar-refractivity contribution is 7.25. The average molecular weight is 756 g/mol. The number of benzene rings is 10. The average Bonchev–Trinajstić information content (AvgIpc) is 3.68. The van der Waals surface area contributed by atoms with E-state index in [9.17, 15) is 0 Å². The molecule has 58 heavy (non-hydrogen) atoms. The van der Waals surface area contributed by atoms with Crippen LogP contribution < -0.4 is 4.90 Å². The molecule has 2 heteroatoms. The Bertz CT molecular complexity index is 3270. The van der Waals surface area contributed by atoms with Gasteiger partial charge in [-0.15, -0.1) is 11.3 Å². The van der Waals surface area contributed by atoms with Crippen molar-refractivity contribution in [3.63, 3.8) is 0 Å². The van der Waals surface area contributed by atoms with Gasteiger partial charge in [-0.25, -0.2) is 0 Å². The second-order valence-electron chi connectivity index (χ2n) is 14.9. The predicted octanol–water partition coefficient (Wildman–Crippen LogP) is 16.5. The van der Waals surface area contributed by atoms with Gasteiger partial charge < -0.3 is 4.90 Å². The van der Waals surface area contributed by atoms with E-state index in [1.807, 2.05) is 11.3 Å². The number of rotatable bonds is 7. The monoisotopic (exact) mass is 755 g/mol. The van der Waals surface area contributed by atoms with Crippen molar-refractivity contribution in [3.05, 3.63) is 224 Å². The van der Waals surface area contributed by atoms with E-state index in [1.54, 1.807) is 0 Å². The third-order valence-corrected chi connectivity index (χ3v) is 12.6. The lowest BCUT2D eigenvalue weighted by molar-refractivity contribution is 1.31. The molecular weight excluding hydrogens is 719 g/mol. The number of fused-ring (bicyclic) bond motifs is 5. The second kappa shape index (κ2) is 14.4. The summed E-state index contributed by atoms with van der Waals surface area (Å²) in [5, 5.41) is 7.48. The van der Waals surface area contributed by atoms with Crippen molar-refractivity contribution in [1.82, 2.24) is 0 Å². The van der Waals surface area contributed by atoms with Gasteiger partial charge in [0.1, 0.15) is 0 Å². The molecule has 1 heterocycles. The van der Waals surface area contributed by atoms with Crippen molar-refractivity contribution >= 4 is 70.1 Å². The van der Waals surface area contributed by atoms with Crippen molar-refractivity contribution in [1.29, 1.82) is 0 Å². The van der Waals surface area contributed by atoms with Crippen molar-refractivity contribution in [3.8, 4) is 44.5 Å². The molecule has 0 aliphatic heterocycles. The van der Waals surface area contributed by atoms with Gasteiger partial charge in [-0.1, -0.05) is 176 Å². The van der Waals surface area contributed by atoms with Crippen LogP contribution in [0, 0.1) is 0 Å². The van der Waals surface area contributed by atoms with Crippen molar-refractivity contribution in [2.45, 2.75) is 0 Å². The zero-order chi connectivity index (χ0) is 38.4. The Labute approximate surface area is 342 Å². The highest BCUT2D eigenvalue weighted by Crippen LogP contribution is 2.45. The minimum absolute atomic E-state index is 1.11. The minimum atomic E-state index is 1.11. The second-order valence-corrected chi connectivity index (χ2v) is 15.9. The third-order valence-electron chi connectivity index (χ3n) is 11.5. The van der Waals surface area contributed by atoms with E-state index in [4.69, 9.17) is 0 Å². The number of hydrogen-bond donors (Lipinski definition) is 0. The van der Waals surface area contributed by atoms with Crippen molar-refractivity contribution in [2.75, 3.05) is 4.90 Å². The van der Waals surface area contributed by atoms with Gasteiger partial charge in [-0.3, -0.25) is 0 Å². The molecular formula is C56H37NS. The van der Waals surface area contributed by atoms with E-state index in [1.165, 1.54) is 86.2 Å². The van der Waals surface area contributed by atoms with E-state index in [2.05, 4.69) is 229 Å². The molecule has 1 nitrogen and oxygen atoms in total. The Kier molecular flexibility index (Phi) is 8.42. The molecule has 0 N–H and O–H groups in total. The van der Waals surface area contributed by atoms with Gasteiger partial charge in [0.25, 0.3) is 0 Å². The summed E-state index contributed by atoms with van der Waals surface area (Å²) in [6.07, 6.45) is 0. The topological polar surface area (TPSA) is 3.24 Å². The molecule has 0 saturated heterocycles. The Balaban J connectivity index is 1.06. The SMILES string of the molecule is c1ccc(-c2ccc(-c3ccc(N(c4cccc5ccccc45)c4ccc(-c5ccccc5)c5ccccc45)cc3)cc2-c2ccc3sc4ccccc4c3c2)cc1. The predicted molar refractivity (Wildman–Crippen MR) is 251 cm³/mol. The molecule has 1 aromatic heterocycles. The van der Waals surface area contributed by atoms with Gasteiger partial charge in [-0.05, 0) is 104 Å². The fraction of sp³-hybridized carbons (Fsp3) is 0. The van der Waals surface area contributed by atoms with Crippen LogP contribution in [0.3, 0.4) is 0 Å². The summed E-state index contributed by atoms with van der Waals surface area (Å²) in [5.74, 6) is 0. The first-order valence-corrected chi connectivity index (χ1v) is 20.7. The van der Waals surface area contributed by atoms with E-state index < -0.39 is 0 Å². The first-order chi connectivity index (χ1) is 28.8. The maximum absolute atomic E-state index is 2.44. The maximum Gasteiger partial charge on any atom is 0.0540 e. The molecule has 272 valence electrons. The summed E-state index contributed by atoms with van der Waals surface area (Å²) in [7, 11) is 0. The fourth-order valence-electron chi connectivity index (χ4n) is 8.69. The lowest BCUT2D eigenvalue weighted by Crippen LogP contribution is -2.11. The van der Waals surface area contributed by atoms with Crippen molar-refractivity contribution in [2.24, 2.45) is 0 Å². The summed E-state index contributed by atoms with van der Waals surface area (Å²) in [4.78, 5) is 2.44. The number of hydrogen-bond acceptors (Lipinski definition) is 2. The molecule has 0 aliphatic carbocycles. The largest absolute Gasteiger partial charge is 0.309 e. The highest BCUT2D eigenvalue weighted by atomic mass is 32.1. The molecule has 0 amide bonds. The van der Waals surface area contributed by atoms with Gasteiger partial charge in [0.2, 0.25) is 0 Å². The number of thiophene rings is 1. The quantitative estimate of drug-likeness (QED) is 0.157. The van der Waals surface area contributed by atoms with E-state index in [0.717, 1.165) is 17.1 Å². The van der Waals surface area contributed by atoms with E-state index in [-0.39, 0.29) is 0 Å². The first kappa shape index (κ1) is 34.0. The molecule has 11 rings (SSSR count). The van der Waals surface area contributed by atoms with Crippen LogP contribution in [0.25, 0.3) is 86.2 Å². The zero-order valence-corrected chi connectivity index (χ0v) is 32.5. The Morgan fingerprint density at radius 2 is 0.845 bits per heavy atom. The number of nitrogens with zero attached hydrogens (tertiary/aromatic N) is 1. The molecule has 0 fully saturated rings. The molecule has 0 bridgehead atoms. The van der Waals surface area contributed by atoms with Gasteiger partial charge in [0.05, 0.1) is 11.4 Å². The Morgan fingerprint density at radius 1 is 0.276 bits per heavy atom. The van der Waals surface area contributed by atoms with Crippen LogP contribution in [0.4, 0.5) is 17.1 Å². The molecule has 0 spiro atoms. The highest BCUT2D eigenvalue weighted by Gasteiger charge is 2.20. The van der Waals surface area contributed by atoms with Crippen LogP contribution in [0.1, 0.15) is 0 Å². The Hall–Kier alpha value is -7.26. The van der Waals surface area contributed by atoms with Gasteiger partial charge >= 0.3 is 0 Å². The molecule has 11 aromatic rings. The van der Waals surface area contributed by atoms with Crippen LogP contribution >= 0.6 is 11.3 Å². The minimum Gasteiger partial charge on any atom is -0.309 e. The summed E-state index contributed by atoms with van der Waals surface area (Å²) in [5.41, 5.74) is 13.1. The third kappa shape index (κ3) is 5.94. The van der Waals surface area contributed by atoms with Crippen LogP contribution in [-0.2, 0) is 0 Å². The van der Waals surface area contributed by atoms with Crippen LogP contribution in [0.2, 0.25) is 0 Å². The lowest BCUT2D eigenvalue weighted by atomic mass is 9.90. The molecule has 0 radical (unpaired) electrons. The van der Waals surface area contributed by atoms with Crippen LogP contribution in [-0.4, -0.2) is 0 Å². The molecule has 0 atom stereocenters. The molecule has 0 aliphatic rings. The standard InChI is InChI=1S/C56H37NS/c1-3-14-39(15-4-1)45-33-34-54(49-22-10-9-21-48(45)49)57(53-24-13-19-41-18-7-8-20-47(41)53)44-30-26-38(27-31-44)42-28-32-46(40-16-5-2-6-17-40)51(36-42)43-29-35-56-52(37-43)50-23-11-12-25-55(50)58-56/h1-37H. The normalized spacial score (nSPS) is 11.4. The summed E-state index contributed by atoms with van der Waals surface area (Å²) in [6.45, 7) is 0. The molecule has 10 aromatic carbocycles. The summed E-state index contributed by atoms with van der Waals surface area (Å²) < 4.78 is 2.64. The molecule has 0 unspecified atom stereocenters. The van der Waals surface area contributed by atoms with E-state index in [0.29, 0.717) is 0 Å². The zero-order valence-electron chi connectivity index (χ0n) is 31.7. The smallest absolute Gasteiger partial charge is 0.0540 e. The van der Waals surface area contributed by atoms with Crippen LogP contribution in [0.15, 0.2) is 224 Å². The van der Waals surface area contributed by atoms with Gasteiger partial charge in [0.15, 0.2) is 0 Å². The summed E-state index contributed by atoms with van der Waals surface area (Å²) in [6, 6.07) is 82.0. The van der Waals surface area contributed by atoms with Crippen LogP contribution in [0.5, 0.6) is 0 Å². The molecule has 0 saturated carbocycles. The fourth-order valence-corrected chi connectivity index (χ4v) is 9.77. The number of anilines is 3. The van der Waals surface area contributed by atoms with Crippen molar-refractivity contribution < 1.29 is 0 Å².